The van der Waals surface area contributed by atoms with Gasteiger partial charge in [0.25, 0.3) is 5.91 Å². The molecule has 4 heteroatoms. The fraction of sp³-hybridized carbons (Fsp3) is 0.909. The molecule has 3 N–H and O–H groups in total. The summed E-state index contributed by atoms with van der Waals surface area (Å²) in [6.45, 7) is 10.2. The standard InChI is InChI=1S/C9H17N3O.C2H6/c1-2-12-5-3-9(4-6-12)8(13)10-7-11-9;1-2/h11H,2-7H2,1H3,(H,10,13);1-2H3/p+1. The predicted molar refractivity (Wildman–Crippen MR) is 60.4 cm³/mol. The van der Waals surface area contributed by atoms with Crippen molar-refractivity contribution in [1.82, 2.24) is 10.2 Å². The molecule has 2 aliphatic rings. The van der Waals surface area contributed by atoms with Crippen LogP contribution < -0.4 is 10.6 Å². The number of hydrogen-bond acceptors (Lipinski definition) is 2. The zero-order valence-electron chi connectivity index (χ0n) is 10.2. The third-order valence-corrected chi connectivity index (χ3v) is 3.40. The monoisotopic (exact) mass is 214 g/mol. The van der Waals surface area contributed by atoms with Crippen LogP contribution in [0.1, 0.15) is 33.6 Å². The van der Waals surface area contributed by atoms with Crippen LogP contribution in [-0.2, 0) is 4.79 Å². The Bertz CT molecular complexity index is 210. The van der Waals surface area contributed by atoms with Gasteiger partial charge in [-0.1, -0.05) is 20.8 Å². The van der Waals surface area contributed by atoms with Gasteiger partial charge in [0.15, 0.2) is 12.2 Å². The van der Waals surface area contributed by atoms with Crippen LogP contribution in [0.2, 0.25) is 0 Å². The van der Waals surface area contributed by atoms with Crippen molar-refractivity contribution in [2.75, 3.05) is 26.3 Å². The van der Waals surface area contributed by atoms with E-state index in [2.05, 4.69) is 22.5 Å². The summed E-state index contributed by atoms with van der Waals surface area (Å²) in [6.07, 6.45) is 2.01. The molecule has 0 aromatic heterocycles. The van der Waals surface area contributed by atoms with Crippen LogP contribution in [0.5, 0.6) is 0 Å². The van der Waals surface area contributed by atoms with Crippen molar-refractivity contribution in [1.29, 1.82) is 0 Å². The van der Waals surface area contributed by atoms with E-state index in [0.717, 1.165) is 39.1 Å². The molecule has 0 aromatic carbocycles. The third-order valence-electron chi connectivity index (χ3n) is 3.40. The number of nitrogens with one attached hydrogen (secondary N) is 1. The van der Waals surface area contributed by atoms with Crippen LogP contribution in [0.25, 0.3) is 0 Å². The van der Waals surface area contributed by atoms with Gasteiger partial charge in [-0.05, 0) is 6.54 Å². The second-order valence-corrected chi connectivity index (χ2v) is 4.00. The lowest BCUT2D eigenvalue weighted by Gasteiger charge is -2.34. The summed E-state index contributed by atoms with van der Waals surface area (Å²) in [6, 6.07) is 0. The molecule has 88 valence electrons. The van der Waals surface area contributed by atoms with Gasteiger partial charge in [0.05, 0.1) is 0 Å². The van der Waals surface area contributed by atoms with Gasteiger partial charge in [0.1, 0.15) is 0 Å². The van der Waals surface area contributed by atoms with Crippen LogP contribution in [-0.4, -0.2) is 42.6 Å². The van der Waals surface area contributed by atoms with Crippen molar-refractivity contribution in [3.63, 3.8) is 0 Å². The van der Waals surface area contributed by atoms with Crippen LogP contribution in [0.15, 0.2) is 0 Å². The highest BCUT2D eigenvalue weighted by atomic mass is 16.2. The number of carbonyl (C=O) groups is 1. The molecule has 0 unspecified atom stereocenters. The van der Waals surface area contributed by atoms with Gasteiger partial charge in [-0.15, -0.1) is 0 Å². The molecule has 0 bridgehead atoms. The van der Waals surface area contributed by atoms with Crippen molar-refractivity contribution >= 4 is 5.91 Å². The topological polar surface area (TPSA) is 49.0 Å². The van der Waals surface area contributed by atoms with E-state index in [4.69, 9.17) is 0 Å². The van der Waals surface area contributed by atoms with Crippen LogP contribution >= 0.6 is 0 Å². The fourth-order valence-electron chi connectivity index (χ4n) is 2.31. The summed E-state index contributed by atoms with van der Waals surface area (Å²) in [5.74, 6) is 0.253. The lowest BCUT2D eigenvalue weighted by atomic mass is 9.88. The largest absolute Gasteiger partial charge is 0.317 e. The maximum absolute atomic E-state index is 11.6. The molecule has 15 heavy (non-hydrogen) atoms. The van der Waals surface area contributed by atoms with E-state index in [1.54, 1.807) is 0 Å². The maximum atomic E-state index is 11.6. The second-order valence-electron chi connectivity index (χ2n) is 4.00. The van der Waals surface area contributed by atoms with E-state index >= 15 is 0 Å². The first-order chi connectivity index (χ1) is 7.27. The molecule has 2 rings (SSSR count). The zero-order chi connectivity index (χ0) is 11.3. The predicted octanol–water partition coefficient (Wildman–Crippen LogP) is -0.482. The Labute approximate surface area is 92.4 Å². The second kappa shape index (κ2) is 5.47. The first-order valence-electron chi connectivity index (χ1n) is 6.12. The van der Waals surface area contributed by atoms with Crippen molar-refractivity contribution < 1.29 is 10.1 Å². The molecule has 2 fully saturated rings. The molecular weight excluding hydrogens is 190 g/mol. The van der Waals surface area contributed by atoms with Gasteiger partial charge < -0.3 is 15.5 Å². The summed E-state index contributed by atoms with van der Waals surface area (Å²) in [5, 5.41) is 5.07. The highest BCUT2D eigenvalue weighted by Gasteiger charge is 2.48. The number of amides is 1. The molecule has 1 amide bonds. The van der Waals surface area contributed by atoms with Gasteiger partial charge in [-0.3, -0.25) is 4.79 Å². The Hall–Kier alpha value is -0.610. The van der Waals surface area contributed by atoms with Crippen molar-refractivity contribution in [2.45, 2.75) is 39.2 Å². The summed E-state index contributed by atoms with van der Waals surface area (Å²) in [7, 11) is 0. The quantitative estimate of drug-likeness (QED) is 0.619. The molecule has 1 spiro atoms. The SMILES string of the molecule is CC.CCN1CCC2(CC1)[NH2+]CNC2=O. The van der Waals surface area contributed by atoms with E-state index in [1.807, 2.05) is 13.8 Å². The van der Waals surface area contributed by atoms with Gasteiger partial charge in [-0.2, -0.15) is 0 Å². The number of hydrogen-bond donors (Lipinski definition) is 2. The summed E-state index contributed by atoms with van der Waals surface area (Å²) in [5.41, 5.74) is -0.105. The smallest absolute Gasteiger partial charge is 0.285 e. The average Bonchev–Trinajstić information content (AvgIpc) is 2.65. The van der Waals surface area contributed by atoms with E-state index in [0.29, 0.717) is 0 Å². The molecule has 0 aliphatic carbocycles. The number of quaternary nitrogens is 1. The van der Waals surface area contributed by atoms with E-state index < -0.39 is 0 Å². The summed E-state index contributed by atoms with van der Waals surface area (Å²) >= 11 is 0. The molecule has 0 aromatic rings. The molecule has 2 saturated heterocycles. The summed E-state index contributed by atoms with van der Waals surface area (Å²) in [4.78, 5) is 14.0. The molecule has 2 heterocycles. The van der Waals surface area contributed by atoms with E-state index in [9.17, 15) is 4.79 Å². The van der Waals surface area contributed by atoms with Crippen LogP contribution in [0.3, 0.4) is 0 Å². The highest BCUT2D eigenvalue weighted by Crippen LogP contribution is 2.19. The number of carbonyl (C=O) groups excluding carboxylic acids is 1. The Morgan fingerprint density at radius 2 is 2.00 bits per heavy atom. The van der Waals surface area contributed by atoms with Crippen LogP contribution in [0.4, 0.5) is 0 Å². The molecule has 0 atom stereocenters. The van der Waals surface area contributed by atoms with Crippen LogP contribution in [0, 0.1) is 0 Å². The van der Waals surface area contributed by atoms with Gasteiger partial charge in [-0.25, -0.2) is 0 Å². The Balaban J connectivity index is 0.000000531. The molecule has 0 saturated carbocycles. The first-order valence-corrected chi connectivity index (χ1v) is 6.12. The Morgan fingerprint density at radius 3 is 2.40 bits per heavy atom. The van der Waals surface area contributed by atoms with E-state index in [-0.39, 0.29) is 11.4 Å². The minimum absolute atomic E-state index is 0.105. The maximum Gasteiger partial charge on any atom is 0.285 e. The Morgan fingerprint density at radius 1 is 1.40 bits per heavy atom. The lowest BCUT2D eigenvalue weighted by molar-refractivity contribution is -0.703. The summed E-state index contributed by atoms with van der Waals surface area (Å²) < 4.78 is 0. The van der Waals surface area contributed by atoms with E-state index in [1.165, 1.54) is 0 Å². The number of likely N-dealkylation sites (tertiary alicyclic amines) is 1. The molecule has 2 aliphatic heterocycles. The Kier molecular flexibility index (Phi) is 4.54. The van der Waals surface area contributed by atoms with Crippen molar-refractivity contribution in [2.24, 2.45) is 0 Å². The lowest BCUT2D eigenvalue weighted by Crippen LogP contribution is -2.96. The van der Waals surface area contributed by atoms with Crippen molar-refractivity contribution in [3.05, 3.63) is 0 Å². The normalized spacial score (nSPS) is 24.6. The third kappa shape index (κ3) is 2.49. The average molecular weight is 214 g/mol. The molecule has 0 radical (unpaired) electrons. The molecular formula is C11H24N3O+. The van der Waals surface area contributed by atoms with Gasteiger partial charge in [0, 0.05) is 25.9 Å². The minimum atomic E-state index is -0.105. The number of nitrogens with zero attached hydrogens (tertiary/aromatic N) is 1. The molecule has 4 nitrogen and oxygen atoms in total. The van der Waals surface area contributed by atoms with Gasteiger partial charge in [0.2, 0.25) is 0 Å². The zero-order valence-corrected chi connectivity index (χ0v) is 10.2. The first kappa shape index (κ1) is 12.5. The number of piperidine rings is 1. The number of nitrogens with two attached hydrogens (primary N) is 1. The van der Waals surface area contributed by atoms with Crippen molar-refractivity contribution in [3.8, 4) is 0 Å². The number of rotatable bonds is 1. The highest BCUT2D eigenvalue weighted by molar-refractivity contribution is 5.85. The fourth-order valence-corrected chi connectivity index (χ4v) is 2.31. The minimum Gasteiger partial charge on any atom is -0.317 e. The van der Waals surface area contributed by atoms with Gasteiger partial charge >= 0.3 is 0 Å².